The maximum absolute atomic E-state index is 6.14. The lowest BCUT2D eigenvalue weighted by molar-refractivity contribution is 0.470. The van der Waals surface area contributed by atoms with Crippen LogP contribution in [0.25, 0.3) is 0 Å². The van der Waals surface area contributed by atoms with Crippen LogP contribution in [0, 0.1) is 0 Å². The summed E-state index contributed by atoms with van der Waals surface area (Å²) < 4.78 is 5.85. The van der Waals surface area contributed by atoms with E-state index in [0.29, 0.717) is 32.6 Å². The molecule has 0 bridgehead atoms. The minimum atomic E-state index is 0.399. The number of hydrogen-bond donors (Lipinski definition) is 1. The van der Waals surface area contributed by atoms with Gasteiger partial charge in [0.2, 0.25) is 0 Å². The number of benzene rings is 1. The lowest BCUT2D eigenvalue weighted by Crippen LogP contribution is -2.15. The summed E-state index contributed by atoms with van der Waals surface area (Å²) in [6.07, 6.45) is 5.88. The molecule has 0 aliphatic heterocycles. The van der Waals surface area contributed by atoms with E-state index in [4.69, 9.17) is 39.5 Å². The smallest absolute Gasteiger partial charge is 0.150 e. The molecule has 0 amide bonds. The molecule has 1 aromatic heterocycles. The molecule has 2 aromatic rings. The standard InChI is InChI=1S/C15H13Cl3N2O/c16-11-5-13(18)14(6-12(11)17)21-15-8-19-4-3-9(15)7-20-10-1-2-10/h3-6,8,10,20H,1-2,7H2. The SMILES string of the molecule is Clc1cc(Cl)c(Oc2cnccc2CNC2CC2)cc1Cl. The monoisotopic (exact) mass is 342 g/mol. The van der Waals surface area contributed by atoms with E-state index < -0.39 is 0 Å². The summed E-state index contributed by atoms with van der Waals surface area (Å²) >= 11 is 18.1. The molecule has 0 saturated heterocycles. The van der Waals surface area contributed by atoms with Crippen molar-refractivity contribution in [3.63, 3.8) is 0 Å². The first-order valence-electron chi connectivity index (χ1n) is 6.62. The number of nitrogens with one attached hydrogen (secondary N) is 1. The Hall–Kier alpha value is -1.00. The first-order chi connectivity index (χ1) is 10.1. The molecule has 1 heterocycles. The lowest BCUT2D eigenvalue weighted by Gasteiger charge is -2.13. The molecule has 1 aromatic carbocycles. The van der Waals surface area contributed by atoms with Crippen LogP contribution in [-0.2, 0) is 6.54 Å². The second-order valence-electron chi connectivity index (χ2n) is 4.94. The third-order valence-electron chi connectivity index (χ3n) is 3.22. The normalized spacial score (nSPS) is 14.2. The van der Waals surface area contributed by atoms with Gasteiger partial charge in [-0.1, -0.05) is 34.8 Å². The van der Waals surface area contributed by atoms with Crippen molar-refractivity contribution < 1.29 is 4.74 Å². The summed E-state index contributed by atoms with van der Waals surface area (Å²) in [5.41, 5.74) is 1.03. The first-order valence-corrected chi connectivity index (χ1v) is 7.75. The van der Waals surface area contributed by atoms with Gasteiger partial charge < -0.3 is 10.1 Å². The highest BCUT2D eigenvalue weighted by atomic mass is 35.5. The largest absolute Gasteiger partial charge is 0.454 e. The Kier molecular flexibility index (Phi) is 4.55. The lowest BCUT2D eigenvalue weighted by atomic mass is 10.2. The topological polar surface area (TPSA) is 34.1 Å². The van der Waals surface area contributed by atoms with Gasteiger partial charge in [-0.3, -0.25) is 4.98 Å². The van der Waals surface area contributed by atoms with E-state index in [1.807, 2.05) is 6.07 Å². The Bertz CT molecular complexity index is 659. The van der Waals surface area contributed by atoms with Gasteiger partial charge in [0.1, 0.15) is 11.5 Å². The van der Waals surface area contributed by atoms with E-state index in [-0.39, 0.29) is 0 Å². The molecule has 1 fully saturated rings. The predicted octanol–water partition coefficient (Wildman–Crippen LogP) is 5.09. The van der Waals surface area contributed by atoms with Crippen molar-refractivity contribution in [3.05, 3.63) is 51.2 Å². The highest BCUT2D eigenvalue weighted by Gasteiger charge is 2.20. The second-order valence-corrected chi connectivity index (χ2v) is 6.16. The average molecular weight is 344 g/mol. The van der Waals surface area contributed by atoms with Gasteiger partial charge in [0.05, 0.1) is 21.3 Å². The molecule has 3 nitrogen and oxygen atoms in total. The van der Waals surface area contributed by atoms with Crippen molar-refractivity contribution >= 4 is 34.8 Å². The van der Waals surface area contributed by atoms with Crippen LogP contribution in [-0.4, -0.2) is 11.0 Å². The fourth-order valence-corrected chi connectivity index (χ4v) is 2.46. The van der Waals surface area contributed by atoms with Crippen LogP contribution in [0.15, 0.2) is 30.6 Å². The van der Waals surface area contributed by atoms with E-state index >= 15 is 0 Å². The molecule has 1 aliphatic carbocycles. The number of rotatable bonds is 5. The minimum Gasteiger partial charge on any atom is -0.454 e. The molecular formula is C15H13Cl3N2O. The van der Waals surface area contributed by atoms with Crippen molar-refractivity contribution in [1.29, 1.82) is 0 Å². The van der Waals surface area contributed by atoms with Crippen LogP contribution in [0.4, 0.5) is 0 Å². The predicted molar refractivity (Wildman–Crippen MR) is 85.6 cm³/mol. The van der Waals surface area contributed by atoms with Crippen LogP contribution >= 0.6 is 34.8 Å². The number of hydrogen-bond acceptors (Lipinski definition) is 3. The number of halogens is 3. The Balaban J connectivity index is 1.82. The second kappa shape index (κ2) is 6.41. The molecule has 0 unspecified atom stereocenters. The third kappa shape index (κ3) is 3.80. The van der Waals surface area contributed by atoms with Crippen LogP contribution in [0.5, 0.6) is 11.5 Å². The molecule has 3 rings (SSSR count). The van der Waals surface area contributed by atoms with Crippen LogP contribution < -0.4 is 10.1 Å². The van der Waals surface area contributed by atoms with E-state index in [0.717, 1.165) is 12.1 Å². The van der Waals surface area contributed by atoms with Crippen LogP contribution in [0.3, 0.4) is 0 Å². The summed E-state index contributed by atoms with van der Waals surface area (Å²) in [6.45, 7) is 0.738. The molecule has 6 heteroatoms. The summed E-state index contributed by atoms with van der Waals surface area (Å²) in [6, 6.07) is 5.73. The van der Waals surface area contributed by atoms with Gasteiger partial charge in [-0.05, 0) is 25.0 Å². The molecule has 0 atom stereocenters. The van der Waals surface area contributed by atoms with E-state index in [9.17, 15) is 0 Å². The Labute approximate surface area is 138 Å². The van der Waals surface area contributed by atoms with E-state index in [1.165, 1.54) is 12.8 Å². The molecule has 1 N–H and O–H groups in total. The van der Waals surface area contributed by atoms with Gasteiger partial charge in [-0.2, -0.15) is 0 Å². The van der Waals surface area contributed by atoms with Gasteiger partial charge >= 0.3 is 0 Å². The van der Waals surface area contributed by atoms with Crippen molar-refractivity contribution in [2.24, 2.45) is 0 Å². The highest BCUT2D eigenvalue weighted by molar-refractivity contribution is 6.43. The van der Waals surface area contributed by atoms with Gasteiger partial charge in [0.25, 0.3) is 0 Å². The van der Waals surface area contributed by atoms with Gasteiger partial charge in [-0.25, -0.2) is 0 Å². The fraction of sp³-hybridized carbons (Fsp3) is 0.267. The average Bonchev–Trinajstić information content (AvgIpc) is 3.28. The molecule has 0 spiro atoms. The molecule has 1 saturated carbocycles. The number of ether oxygens (including phenoxy) is 1. The maximum atomic E-state index is 6.14. The third-order valence-corrected chi connectivity index (χ3v) is 4.24. The minimum absolute atomic E-state index is 0.399. The summed E-state index contributed by atoms with van der Waals surface area (Å²) in [5, 5.41) is 4.66. The van der Waals surface area contributed by atoms with Crippen molar-refractivity contribution in [1.82, 2.24) is 10.3 Å². The first kappa shape index (κ1) is 14.9. The molecule has 1 aliphatic rings. The van der Waals surface area contributed by atoms with Gasteiger partial charge in [-0.15, -0.1) is 0 Å². The van der Waals surface area contributed by atoms with Crippen LogP contribution in [0.2, 0.25) is 15.1 Å². The van der Waals surface area contributed by atoms with Crippen LogP contribution in [0.1, 0.15) is 18.4 Å². The number of aromatic nitrogens is 1. The van der Waals surface area contributed by atoms with E-state index in [2.05, 4.69) is 10.3 Å². The van der Waals surface area contributed by atoms with Crippen molar-refractivity contribution in [2.45, 2.75) is 25.4 Å². The number of nitrogens with zero attached hydrogens (tertiary/aromatic N) is 1. The zero-order valence-electron chi connectivity index (χ0n) is 11.1. The molecule has 110 valence electrons. The quantitative estimate of drug-likeness (QED) is 0.768. The van der Waals surface area contributed by atoms with Crippen molar-refractivity contribution in [3.8, 4) is 11.5 Å². The number of pyridine rings is 1. The summed E-state index contributed by atoms with van der Waals surface area (Å²) in [7, 11) is 0. The fourth-order valence-electron chi connectivity index (χ4n) is 1.89. The summed E-state index contributed by atoms with van der Waals surface area (Å²) in [4.78, 5) is 4.10. The van der Waals surface area contributed by atoms with Crippen molar-refractivity contribution in [2.75, 3.05) is 0 Å². The Morgan fingerprint density at radius 3 is 2.62 bits per heavy atom. The maximum Gasteiger partial charge on any atom is 0.150 e. The molecule has 0 radical (unpaired) electrons. The zero-order chi connectivity index (χ0) is 14.8. The molecular weight excluding hydrogens is 331 g/mol. The Morgan fingerprint density at radius 1 is 1.10 bits per heavy atom. The Morgan fingerprint density at radius 2 is 1.86 bits per heavy atom. The van der Waals surface area contributed by atoms with Gasteiger partial charge in [0, 0.05) is 30.4 Å². The van der Waals surface area contributed by atoms with E-state index in [1.54, 1.807) is 24.5 Å². The summed E-state index contributed by atoms with van der Waals surface area (Å²) in [5.74, 6) is 1.12. The highest BCUT2D eigenvalue weighted by Crippen LogP contribution is 2.37. The van der Waals surface area contributed by atoms with Gasteiger partial charge in [0.15, 0.2) is 0 Å². The molecule has 21 heavy (non-hydrogen) atoms. The zero-order valence-corrected chi connectivity index (χ0v) is 13.3.